The van der Waals surface area contributed by atoms with Crippen molar-refractivity contribution in [3.8, 4) is 5.75 Å². The normalized spacial score (nSPS) is 10.6. The van der Waals surface area contributed by atoms with Crippen LogP contribution in [0.5, 0.6) is 5.75 Å². The van der Waals surface area contributed by atoms with Crippen LogP contribution < -0.4 is 4.74 Å². The summed E-state index contributed by atoms with van der Waals surface area (Å²) in [6.07, 6.45) is 0. The Balaban J connectivity index is 2.71. The van der Waals surface area contributed by atoms with E-state index in [1.54, 1.807) is 6.07 Å². The van der Waals surface area contributed by atoms with Gasteiger partial charge in [0.1, 0.15) is 11.6 Å². The van der Waals surface area contributed by atoms with Crippen molar-refractivity contribution in [1.29, 1.82) is 0 Å². The van der Waals surface area contributed by atoms with Crippen molar-refractivity contribution < 1.29 is 9.13 Å². The zero-order valence-electron chi connectivity index (χ0n) is 8.39. The van der Waals surface area contributed by atoms with E-state index >= 15 is 0 Å². The molecule has 0 bridgehead atoms. The average molecular weight is 217 g/mol. The van der Waals surface area contributed by atoms with Gasteiger partial charge < -0.3 is 4.74 Å². The van der Waals surface area contributed by atoms with Gasteiger partial charge in [0.15, 0.2) is 0 Å². The highest BCUT2D eigenvalue weighted by Gasteiger charge is 2.02. The molecule has 0 saturated heterocycles. The molecule has 0 N–H and O–H groups in total. The van der Waals surface area contributed by atoms with Crippen molar-refractivity contribution >= 4 is 11.6 Å². The maximum absolute atomic E-state index is 13.0. The first-order chi connectivity index (χ1) is 6.61. The fourth-order valence-corrected chi connectivity index (χ4v) is 1.20. The van der Waals surface area contributed by atoms with E-state index in [1.807, 2.05) is 13.8 Å². The van der Waals surface area contributed by atoms with Crippen LogP contribution in [0, 0.1) is 11.7 Å². The molecule has 0 radical (unpaired) electrons. The number of rotatable bonds is 4. The van der Waals surface area contributed by atoms with Gasteiger partial charge in [-0.15, -0.1) is 11.6 Å². The topological polar surface area (TPSA) is 9.23 Å². The number of hydrogen-bond acceptors (Lipinski definition) is 1. The molecular formula is C11H14ClFO. The molecule has 0 amide bonds. The Kier molecular flexibility index (Phi) is 4.21. The standard InChI is InChI=1S/C11H14ClFO/c1-8(2)7-14-11-4-9(6-12)3-10(13)5-11/h3-5,8H,6-7H2,1-2H3. The molecule has 0 spiro atoms. The summed E-state index contributed by atoms with van der Waals surface area (Å²) < 4.78 is 18.4. The van der Waals surface area contributed by atoms with Gasteiger partial charge in [0, 0.05) is 11.9 Å². The molecular weight excluding hydrogens is 203 g/mol. The highest BCUT2D eigenvalue weighted by atomic mass is 35.5. The second-order valence-electron chi connectivity index (χ2n) is 3.63. The Hall–Kier alpha value is -0.760. The van der Waals surface area contributed by atoms with Gasteiger partial charge in [0.05, 0.1) is 6.61 Å². The number of ether oxygens (including phenoxy) is 1. The van der Waals surface area contributed by atoms with E-state index in [0.717, 1.165) is 5.56 Å². The lowest BCUT2D eigenvalue weighted by Crippen LogP contribution is -2.04. The van der Waals surface area contributed by atoms with Crippen LogP contribution >= 0.6 is 11.6 Å². The van der Waals surface area contributed by atoms with Crippen LogP contribution in [0.2, 0.25) is 0 Å². The second kappa shape index (κ2) is 5.20. The van der Waals surface area contributed by atoms with Crippen LogP contribution in [0.1, 0.15) is 19.4 Å². The number of alkyl halides is 1. The summed E-state index contributed by atoms with van der Waals surface area (Å²) in [4.78, 5) is 0. The lowest BCUT2D eigenvalue weighted by atomic mass is 10.2. The molecule has 0 fully saturated rings. The van der Waals surface area contributed by atoms with Gasteiger partial charge in [-0.3, -0.25) is 0 Å². The van der Waals surface area contributed by atoms with Crippen molar-refractivity contribution in [3.63, 3.8) is 0 Å². The molecule has 3 heteroatoms. The third-order valence-corrected chi connectivity index (χ3v) is 1.98. The van der Waals surface area contributed by atoms with E-state index in [4.69, 9.17) is 16.3 Å². The highest BCUT2D eigenvalue weighted by Crippen LogP contribution is 2.18. The lowest BCUT2D eigenvalue weighted by molar-refractivity contribution is 0.269. The Bertz CT molecular complexity index is 299. The second-order valence-corrected chi connectivity index (χ2v) is 3.90. The number of benzene rings is 1. The van der Waals surface area contributed by atoms with E-state index < -0.39 is 0 Å². The van der Waals surface area contributed by atoms with E-state index in [1.165, 1.54) is 12.1 Å². The molecule has 0 aliphatic carbocycles. The van der Waals surface area contributed by atoms with Gasteiger partial charge in [-0.2, -0.15) is 0 Å². The SMILES string of the molecule is CC(C)COc1cc(F)cc(CCl)c1. The lowest BCUT2D eigenvalue weighted by Gasteiger charge is -2.09. The molecule has 1 aromatic carbocycles. The third-order valence-electron chi connectivity index (χ3n) is 1.67. The van der Waals surface area contributed by atoms with E-state index in [0.29, 0.717) is 24.2 Å². The predicted octanol–water partition coefficient (Wildman–Crippen LogP) is 3.60. The van der Waals surface area contributed by atoms with Gasteiger partial charge in [-0.05, 0) is 23.6 Å². The van der Waals surface area contributed by atoms with E-state index in [-0.39, 0.29) is 5.82 Å². The van der Waals surface area contributed by atoms with Crippen molar-refractivity contribution in [3.05, 3.63) is 29.6 Å². The summed E-state index contributed by atoms with van der Waals surface area (Å²) in [7, 11) is 0. The molecule has 1 rings (SSSR count). The van der Waals surface area contributed by atoms with Gasteiger partial charge >= 0.3 is 0 Å². The predicted molar refractivity (Wildman–Crippen MR) is 56.3 cm³/mol. The van der Waals surface area contributed by atoms with Crippen molar-refractivity contribution in [2.24, 2.45) is 5.92 Å². The minimum atomic E-state index is -0.304. The van der Waals surface area contributed by atoms with Crippen LogP contribution in [-0.4, -0.2) is 6.61 Å². The monoisotopic (exact) mass is 216 g/mol. The Morgan fingerprint density at radius 2 is 2.07 bits per heavy atom. The third kappa shape index (κ3) is 3.54. The molecule has 0 aromatic heterocycles. The highest BCUT2D eigenvalue weighted by molar-refractivity contribution is 6.17. The maximum atomic E-state index is 13.0. The minimum absolute atomic E-state index is 0.301. The Morgan fingerprint density at radius 1 is 1.36 bits per heavy atom. The first-order valence-electron chi connectivity index (χ1n) is 4.60. The van der Waals surface area contributed by atoms with Crippen molar-refractivity contribution in [1.82, 2.24) is 0 Å². The van der Waals surface area contributed by atoms with Crippen LogP contribution in [0.25, 0.3) is 0 Å². The van der Waals surface area contributed by atoms with E-state index in [2.05, 4.69) is 0 Å². The smallest absolute Gasteiger partial charge is 0.127 e. The van der Waals surface area contributed by atoms with Gasteiger partial charge in [-0.1, -0.05) is 13.8 Å². The zero-order chi connectivity index (χ0) is 10.6. The molecule has 0 saturated carbocycles. The molecule has 0 aliphatic heterocycles. The first-order valence-corrected chi connectivity index (χ1v) is 5.13. The van der Waals surface area contributed by atoms with Crippen LogP contribution in [0.15, 0.2) is 18.2 Å². The minimum Gasteiger partial charge on any atom is -0.493 e. The molecule has 0 heterocycles. The van der Waals surface area contributed by atoms with Crippen LogP contribution in [-0.2, 0) is 5.88 Å². The first kappa shape index (κ1) is 11.3. The average Bonchev–Trinajstić information content (AvgIpc) is 2.14. The fourth-order valence-electron chi connectivity index (χ4n) is 1.04. The van der Waals surface area contributed by atoms with Gasteiger partial charge in [-0.25, -0.2) is 4.39 Å². The Labute approximate surface area is 88.8 Å². The molecule has 0 unspecified atom stereocenters. The van der Waals surface area contributed by atoms with Crippen LogP contribution in [0.4, 0.5) is 4.39 Å². The van der Waals surface area contributed by atoms with Crippen molar-refractivity contribution in [2.75, 3.05) is 6.61 Å². The van der Waals surface area contributed by atoms with Crippen LogP contribution in [0.3, 0.4) is 0 Å². The summed E-state index contributed by atoms with van der Waals surface area (Å²) in [6.45, 7) is 4.68. The van der Waals surface area contributed by atoms with Gasteiger partial charge in [0.2, 0.25) is 0 Å². The van der Waals surface area contributed by atoms with Gasteiger partial charge in [0.25, 0.3) is 0 Å². The summed E-state index contributed by atoms with van der Waals surface area (Å²) in [5.41, 5.74) is 0.741. The molecule has 1 aromatic rings. The quantitative estimate of drug-likeness (QED) is 0.699. The van der Waals surface area contributed by atoms with Crippen molar-refractivity contribution in [2.45, 2.75) is 19.7 Å². The summed E-state index contributed by atoms with van der Waals surface area (Å²) in [5, 5.41) is 0. The Morgan fingerprint density at radius 3 is 2.64 bits per heavy atom. The number of hydrogen-bond donors (Lipinski definition) is 0. The fraction of sp³-hybridized carbons (Fsp3) is 0.455. The molecule has 1 nitrogen and oxygen atoms in total. The zero-order valence-corrected chi connectivity index (χ0v) is 9.14. The number of halogens is 2. The summed E-state index contributed by atoms with van der Waals surface area (Å²) >= 11 is 5.61. The molecule has 0 aliphatic rings. The molecule has 0 atom stereocenters. The summed E-state index contributed by atoms with van der Waals surface area (Å²) in [6, 6.07) is 4.55. The maximum Gasteiger partial charge on any atom is 0.127 e. The summed E-state index contributed by atoms with van der Waals surface area (Å²) in [5.74, 6) is 0.976. The van der Waals surface area contributed by atoms with E-state index in [9.17, 15) is 4.39 Å². The largest absolute Gasteiger partial charge is 0.493 e. The molecule has 78 valence electrons. The molecule has 14 heavy (non-hydrogen) atoms.